The SMILES string of the molecule is CC.CC.CCNCCCCC(C=O)C(C)CC. The maximum Gasteiger partial charge on any atom is 0.123 e. The molecule has 112 valence electrons. The highest BCUT2D eigenvalue weighted by Gasteiger charge is 2.13. The number of rotatable bonds is 9. The summed E-state index contributed by atoms with van der Waals surface area (Å²) < 4.78 is 0. The van der Waals surface area contributed by atoms with Crippen LogP contribution in [0.25, 0.3) is 0 Å². The van der Waals surface area contributed by atoms with Gasteiger partial charge in [0, 0.05) is 5.92 Å². The Labute approximate surface area is 116 Å². The first-order valence-electron chi connectivity index (χ1n) is 7.92. The number of carbonyl (C=O) groups excluding carboxylic acids is 1. The fourth-order valence-electron chi connectivity index (χ4n) is 1.60. The minimum Gasteiger partial charge on any atom is -0.317 e. The Morgan fingerprint density at radius 3 is 2.00 bits per heavy atom. The van der Waals surface area contributed by atoms with Crippen molar-refractivity contribution in [2.24, 2.45) is 11.8 Å². The van der Waals surface area contributed by atoms with E-state index in [1.165, 1.54) is 12.8 Å². The number of nitrogens with one attached hydrogen (secondary N) is 1. The van der Waals surface area contributed by atoms with Gasteiger partial charge in [0.2, 0.25) is 0 Å². The Kier molecular flexibility index (Phi) is 27.7. The van der Waals surface area contributed by atoms with Crippen molar-refractivity contribution in [1.82, 2.24) is 5.32 Å². The average molecular weight is 259 g/mol. The number of hydrogen-bond donors (Lipinski definition) is 1. The molecule has 0 heterocycles. The van der Waals surface area contributed by atoms with Crippen molar-refractivity contribution in [3.63, 3.8) is 0 Å². The Hall–Kier alpha value is -0.370. The largest absolute Gasteiger partial charge is 0.317 e. The average Bonchev–Trinajstić information content (AvgIpc) is 2.46. The van der Waals surface area contributed by atoms with Gasteiger partial charge in [-0.1, -0.05) is 61.3 Å². The molecule has 2 heteroatoms. The maximum absolute atomic E-state index is 10.8. The molecule has 2 unspecified atom stereocenters. The zero-order valence-electron chi connectivity index (χ0n) is 13.9. The van der Waals surface area contributed by atoms with Crippen LogP contribution in [-0.4, -0.2) is 19.4 Å². The van der Waals surface area contributed by atoms with Crippen LogP contribution in [0.15, 0.2) is 0 Å². The number of hydrogen-bond acceptors (Lipinski definition) is 2. The summed E-state index contributed by atoms with van der Waals surface area (Å²) in [5, 5.41) is 3.29. The van der Waals surface area contributed by atoms with Crippen LogP contribution >= 0.6 is 0 Å². The zero-order chi connectivity index (χ0) is 14.8. The molecule has 0 aromatic heterocycles. The van der Waals surface area contributed by atoms with E-state index in [0.29, 0.717) is 5.92 Å². The summed E-state index contributed by atoms with van der Waals surface area (Å²) in [7, 11) is 0. The molecule has 0 aliphatic rings. The van der Waals surface area contributed by atoms with Crippen LogP contribution in [0.1, 0.15) is 74.1 Å². The van der Waals surface area contributed by atoms with Gasteiger partial charge in [-0.2, -0.15) is 0 Å². The Bertz CT molecular complexity index is 137. The number of unbranched alkanes of at least 4 members (excludes halogenated alkanes) is 1. The predicted molar refractivity (Wildman–Crippen MR) is 84.1 cm³/mol. The smallest absolute Gasteiger partial charge is 0.123 e. The molecule has 2 nitrogen and oxygen atoms in total. The first-order chi connectivity index (χ1) is 8.76. The summed E-state index contributed by atoms with van der Waals surface area (Å²) in [5.74, 6) is 0.827. The molecule has 0 aromatic rings. The fourth-order valence-corrected chi connectivity index (χ4v) is 1.60. The van der Waals surface area contributed by atoms with Crippen molar-refractivity contribution in [1.29, 1.82) is 0 Å². The molecule has 0 radical (unpaired) electrons. The molecule has 18 heavy (non-hydrogen) atoms. The van der Waals surface area contributed by atoms with E-state index in [0.717, 1.165) is 32.2 Å². The van der Waals surface area contributed by atoms with Crippen LogP contribution in [0.4, 0.5) is 0 Å². The van der Waals surface area contributed by atoms with Gasteiger partial charge >= 0.3 is 0 Å². The summed E-state index contributed by atoms with van der Waals surface area (Å²) in [6.45, 7) is 16.6. The molecule has 0 spiro atoms. The van der Waals surface area contributed by atoms with E-state index in [1.807, 2.05) is 27.7 Å². The Balaban J connectivity index is -0.000000506. The third-order valence-corrected chi connectivity index (χ3v) is 2.94. The van der Waals surface area contributed by atoms with Crippen molar-refractivity contribution in [3.8, 4) is 0 Å². The van der Waals surface area contributed by atoms with Crippen LogP contribution in [0.2, 0.25) is 0 Å². The standard InChI is InChI=1S/C12H25NO.2C2H6/c1-4-11(3)12(10-14)8-6-7-9-13-5-2;2*1-2/h10-13H,4-9H2,1-3H3;2*1-2H3. The fraction of sp³-hybridized carbons (Fsp3) is 0.938. The van der Waals surface area contributed by atoms with E-state index in [4.69, 9.17) is 0 Å². The van der Waals surface area contributed by atoms with Gasteiger partial charge in [0.05, 0.1) is 0 Å². The molecule has 0 aliphatic heterocycles. The lowest BCUT2D eigenvalue weighted by Crippen LogP contribution is -2.16. The van der Waals surface area contributed by atoms with Gasteiger partial charge in [-0.15, -0.1) is 0 Å². The lowest BCUT2D eigenvalue weighted by Gasteiger charge is -2.16. The minimum absolute atomic E-state index is 0.279. The summed E-state index contributed by atoms with van der Waals surface area (Å²) in [6, 6.07) is 0. The van der Waals surface area contributed by atoms with Gasteiger partial charge in [0.15, 0.2) is 0 Å². The third kappa shape index (κ3) is 15.6. The Morgan fingerprint density at radius 1 is 1.06 bits per heavy atom. The number of carbonyl (C=O) groups is 1. The second-order valence-electron chi connectivity index (χ2n) is 4.03. The monoisotopic (exact) mass is 259 g/mol. The van der Waals surface area contributed by atoms with Gasteiger partial charge in [-0.05, 0) is 31.8 Å². The van der Waals surface area contributed by atoms with E-state index < -0.39 is 0 Å². The normalized spacial score (nSPS) is 12.4. The predicted octanol–water partition coefficient (Wildman–Crippen LogP) is 4.68. The molecule has 0 saturated carbocycles. The van der Waals surface area contributed by atoms with Gasteiger partial charge in [-0.25, -0.2) is 0 Å². The highest BCUT2D eigenvalue weighted by atomic mass is 16.1. The molecule has 0 bridgehead atoms. The molecular weight excluding hydrogens is 222 g/mol. The molecule has 1 N–H and O–H groups in total. The molecule has 0 aromatic carbocycles. The summed E-state index contributed by atoms with van der Waals surface area (Å²) in [5.41, 5.74) is 0. The van der Waals surface area contributed by atoms with E-state index in [9.17, 15) is 4.79 Å². The van der Waals surface area contributed by atoms with Crippen LogP contribution < -0.4 is 5.32 Å². The molecule has 2 atom stereocenters. The molecule has 0 rings (SSSR count). The second kappa shape index (κ2) is 21.9. The topological polar surface area (TPSA) is 29.1 Å². The Morgan fingerprint density at radius 2 is 1.61 bits per heavy atom. The molecule has 0 saturated heterocycles. The first-order valence-corrected chi connectivity index (χ1v) is 7.92. The van der Waals surface area contributed by atoms with Gasteiger partial charge in [0.1, 0.15) is 6.29 Å². The number of aldehydes is 1. The van der Waals surface area contributed by atoms with Crippen molar-refractivity contribution >= 4 is 6.29 Å². The second-order valence-corrected chi connectivity index (χ2v) is 4.03. The van der Waals surface area contributed by atoms with Crippen molar-refractivity contribution in [2.75, 3.05) is 13.1 Å². The summed E-state index contributed by atoms with van der Waals surface area (Å²) in [4.78, 5) is 10.8. The van der Waals surface area contributed by atoms with E-state index in [-0.39, 0.29) is 5.92 Å². The van der Waals surface area contributed by atoms with Gasteiger partial charge in [0.25, 0.3) is 0 Å². The van der Waals surface area contributed by atoms with E-state index >= 15 is 0 Å². The quantitative estimate of drug-likeness (QED) is 0.481. The van der Waals surface area contributed by atoms with Crippen LogP contribution in [0, 0.1) is 11.8 Å². The van der Waals surface area contributed by atoms with Crippen molar-refractivity contribution < 1.29 is 4.79 Å². The van der Waals surface area contributed by atoms with Gasteiger partial charge in [-0.3, -0.25) is 0 Å². The van der Waals surface area contributed by atoms with Crippen molar-refractivity contribution in [2.45, 2.75) is 74.1 Å². The van der Waals surface area contributed by atoms with Crippen LogP contribution in [0.3, 0.4) is 0 Å². The van der Waals surface area contributed by atoms with Crippen LogP contribution in [0.5, 0.6) is 0 Å². The maximum atomic E-state index is 10.8. The summed E-state index contributed by atoms with van der Waals surface area (Å²) >= 11 is 0. The lowest BCUT2D eigenvalue weighted by molar-refractivity contribution is -0.112. The van der Waals surface area contributed by atoms with Crippen LogP contribution in [-0.2, 0) is 4.79 Å². The highest BCUT2D eigenvalue weighted by Crippen LogP contribution is 2.18. The third-order valence-electron chi connectivity index (χ3n) is 2.94. The molecule has 0 fully saturated rings. The van der Waals surface area contributed by atoms with E-state index in [2.05, 4.69) is 26.1 Å². The molecule has 0 aliphatic carbocycles. The highest BCUT2D eigenvalue weighted by molar-refractivity contribution is 5.53. The summed E-state index contributed by atoms with van der Waals surface area (Å²) in [6.07, 6.45) is 5.66. The van der Waals surface area contributed by atoms with Crippen molar-refractivity contribution in [3.05, 3.63) is 0 Å². The minimum atomic E-state index is 0.279. The lowest BCUT2D eigenvalue weighted by atomic mass is 9.89. The molecular formula is C16H37NO. The first kappa shape index (κ1) is 22.8. The molecule has 0 amide bonds. The van der Waals surface area contributed by atoms with Gasteiger partial charge < -0.3 is 10.1 Å². The zero-order valence-corrected chi connectivity index (χ0v) is 13.9. The van der Waals surface area contributed by atoms with E-state index in [1.54, 1.807) is 0 Å².